The summed E-state index contributed by atoms with van der Waals surface area (Å²) in [6.07, 6.45) is 5.58. The summed E-state index contributed by atoms with van der Waals surface area (Å²) in [4.78, 5) is 25.9. The monoisotopic (exact) mass is 480 g/mol. The van der Waals surface area contributed by atoms with E-state index in [4.69, 9.17) is 15.5 Å². The number of fused-ring (bicyclic) bond motifs is 1. The zero-order valence-corrected chi connectivity index (χ0v) is 20.7. The number of carbonyl (C=O) groups excluding carboxylic acids is 1. The highest BCUT2D eigenvalue weighted by Gasteiger charge is 2.25. The van der Waals surface area contributed by atoms with Gasteiger partial charge < -0.3 is 21.1 Å². The van der Waals surface area contributed by atoms with E-state index in [0.717, 1.165) is 43.2 Å². The van der Waals surface area contributed by atoms with Crippen molar-refractivity contribution in [3.8, 4) is 11.3 Å². The third-order valence-electron chi connectivity index (χ3n) is 6.08. The molecule has 1 amide bonds. The largest absolute Gasteiger partial charge is 0.444 e. The summed E-state index contributed by atoms with van der Waals surface area (Å²) in [5, 5.41) is 6.40. The third kappa shape index (κ3) is 6.15. The van der Waals surface area contributed by atoms with Crippen LogP contribution >= 0.6 is 0 Å². The third-order valence-corrected chi connectivity index (χ3v) is 6.08. The number of nitrogens with one attached hydrogen (secondary N) is 2. The van der Waals surface area contributed by atoms with Crippen LogP contribution in [0.2, 0.25) is 0 Å². The number of aromatic nitrogens is 3. The molecule has 3 aromatic rings. The maximum absolute atomic E-state index is 14.0. The van der Waals surface area contributed by atoms with Crippen molar-refractivity contribution < 1.29 is 13.9 Å². The summed E-state index contributed by atoms with van der Waals surface area (Å²) >= 11 is 0. The zero-order chi connectivity index (χ0) is 25.2. The molecule has 186 valence electrons. The van der Waals surface area contributed by atoms with E-state index in [0.29, 0.717) is 22.7 Å². The lowest BCUT2D eigenvalue weighted by Gasteiger charge is -2.30. The molecule has 4 N–H and O–H groups in total. The maximum Gasteiger partial charge on any atom is 0.407 e. The Bertz CT molecular complexity index is 1220. The average molecular weight is 481 g/mol. The Labute approximate surface area is 204 Å². The first kappa shape index (κ1) is 24.6. The van der Waals surface area contributed by atoms with Gasteiger partial charge in [-0.25, -0.2) is 24.1 Å². The molecule has 0 radical (unpaired) electrons. The molecule has 1 fully saturated rings. The van der Waals surface area contributed by atoms with Gasteiger partial charge in [-0.15, -0.1) is 0 Å². The molecule has 8 nitrogen and oxygen atoms in total. The highest BCUT2D eigenvalue weighted by atomic mass is 19.1. The van der Waals surface area contributed by atoms with Gasteiger partial charge in [0.05, 0.1) is 23.1 Å². The molecule has 9 heteroatoms. The second-order valence-electron chi connectivity index (χ2n) is 10.0. The summed E-state index contributed by atoms with van der Waals surface area (Å²) in [6.45, 7) is 7.62. The number of hydrogen-bond acceptors (Lipinski definition) is 7. The van der Waals surface area contributed by atoms with Gasteiger partial charge in [-0.1, -0.05) is 13.0 Å². The van der Waals surface area contributed by atoms with Crippen LogP contribution in [0.3, 0.4) is 0 Å². The van der Waals surface area contributed by atoms with Gasteiger partial charge in [0.1, 0.15) is 16.9 Å². The fraction of sp³-hybridized carbons (Fsp3) is 0.462. The van der Waals surface area contributed by atoms with E-state index in [1.807, 2.05) is 26.8 Å². The Balaban J connectivity index is 1.44. The second kappa shape index (κ2) is 10.0. The van der Waals surface area contributed by atoms with Crippen molar-refractivity contribution in [2.45, 2.75) is 77.5 Å². The molecule has 0 bridgehead atoms. The number of rotatable bonds is 5. The van der Waals surface area contributed by atoms with Crippen LogP contribution in [0.5, 0.6) is 0 Å². The number of halogens is 1. The topological polar surface area (TPSA) is 115 Å². The van der Waals surface area contributed by atoms with Crippen LogP contribution in [0.15, 0.2) is 30.5 Å². The van der Waals surface area contributed by atoms with Crippen LogP contribution in [0.1, 0.15) is 58.9 Å². The molecule has 0 saturated heterocycles. The highest BCUT2D eigenvalue weighted by Crippen LogP contribution is 2.27. The number of amides is 1. The van der Waals surface area contributed by atoms with Crippen molar-refractivity contribution in [3.05, 3.63) is 41.8 Å². The van der Waals surface area contributed by atoms with E-state index in [9.17, 15) is 9.18 Å². The molecule has 0 atom stereocenters. The van der Waals surface area contributed by atoms with Gasteiger partial charge in [0.25, 0.3) is 0 Å². The first-order valence-corrected chi connectivity index (χ1v) is 12.1. The van der Waals surface area contributed by atoms with E-state index < -0.39 is 11.4 Å². The molecule has 4 rings (SSSR count). The van der Waals surface area contributed by atoms with Crippen molar-refractivity contribution in [2.24, 2.45) is 0 Å². The van der Waals surface area contributed by atoms with Crippen LogP contribution in [0.25, 0.3) is 22.3 Å². The number of carbonyl (C=O) groups is 1. The predicted octanol–water partition coefficient (Wildman–Crippen LogP) is 5.22. The summed E-state index contributed by atoms with van der Waals surface area (Å²) in [5.41, 5.74) is 8.99. The number of anilines is 2. The SMILES string of the molecule is CCc1cc(-c2ccc(N)c(F)c2)nc2cnc(N[C@H]3CC[C@H](NC(=O)OC(C)(C)C)CC3)nc12. The molecule has 1 aromatic carbocycles. The van der Waals surface area contributed by atoms with Crippen LogP contribution in [-0.4, -0.2) is 38.7 Å². The van der Waals surface area contributed by atoms with Gasteiger partial charge in [0.15, 0.2) is 0 Å². The Morgan fingerprint density at radius 3 is 2.51 bits per heavy atom. The predicted molar refractivity (Wildman–Crippen MR) is 136 cm³/mol. The Morgan fingerprint density at radius 1 is 1.14 bits per heavy atom. The zero-order valence-electron chi connectivity index (χ0n) is 20.7. The van der Waals surface area contributed by atoms with Gasteiger partial charge in [-0.05, 0) is 76.6 Å². The smallest absolute Gasteiger partial charge is 0.407 e. The minimum absolute atomic E-state index is 0.105. The van der Waals surface area contributed by atoms with Crippen molar-refractivity contribution in [1.29, 1.82) is 0 Å². The average Bonchev–Trinajstić information content (AvgIpc) is 2.80. The van der Waals surface area contributed by atoms with E-state index in [1.54, 1.807) is 18.3 Å². The van der Waals surface area contributed by atoms with Gasteiger partial charge in [0.2, 0.25) is 5.95 Å². The minimum Gasteiger partial charge on any atom is -0.444 e. The standard InChI is InChI=1S/C26H33FN6O2/c1-5-15-13-21(16-6-11-20(28)19(27)12-16)32-22-14-29-24(33-23(15)22)30-17-7-9-18(10-8-17)31-25(34)35-26(2,3)4/h6,11-14,17-18H,5,7-10,28H2,1-4H3,(H,31,34)(H,29,30,33)/t17-,18-. The number of nitrogens with zero attached hydrogens (tertiary/aromatic N) is 3. The number of nitrogen functional groups attached to an aromatic ring is 1. The van der Waals surface area contributed by atoms with Crippen molar-refractivity contribution in [3.63, 3.8) is 0 Å². The van der Waals surface area contributed by atoms with E-state index >= 15 is 0 Å². The molecule has 1 aliphatic carbocycles. The molecule has 0 aliphatic heterocycles. The Kier molecular flexibility index (Phi) is 7.05. The van der Waals surface area contributed by atoms with Crippen LogP contribution in [0.4, 0.5) is 20.8 Å². The number of ether oxygens (including phenoxy) is 1. The first-order valence-electron chi connectivity index (χ1n) is 12.1. The second-order valence-corrected chi connectivity index (χ2v) is 10.0. The molecule has 35 heavy (non-hydrogen) atoms. The lowest BCUT2D eigenvalue weighted by Crippen LogP contribution is -2.42. The molecule has 2 aromatic heterocycles. The van der Waals surface area contributed by atoms with Crippen molar-refractivity contribution in [2.75, 3.05) is 11.1 Å². The number of benzene rings is 1. The van der Waals surface area contributed by atoms with Crippen LogP contribution in [0, 0.1) is 5.82 Å². The van der Waals surface area contributed by atoms with E-state index in [2.05, 4.69) is 27.5 Å². The maximum atomic E-state index is 14.0. The minimum atomic E-state index is -0.505. The van der Waals surface area contributed by atoms with Gasteiger partial charge >= 0.3 is 6.09 Å². The summed E-state index contributed by atoms with van der Waals surface area (Å²) < 4.78 is 19.3. The van der Waals surface area contributed by atoms with Gasteiger partial charge in [-0.3, -0.25) is 0 Å². The lowest BCUT2D eigenvalue weighted by atomic mass is 9.91. The van der Waals surface area contributed by atoms with E-state index in [1.165, 1.54) is 6.07 Å². The number of pyridine rings is 1. The molecule has 0 unspecified atom stereocenters. The summed E-state index contributed by atoms with van der Waals surface area (Å²) in [5.74, 6) is 0.0955. The van der Waals surface area contributed by atoms with Gasteiger partial charge in [0, 0.05) is 17.6 Å². The normalized spacial score (nSPS) is 18.3. The fourth-order valence-electron chi connectivity index (χ4n) is 4.30. The molecule has 0 spiro atoms. The Morgan fingerprint density at radius 2 is 1.86 bits per heavy atom. The number of aryl methyl sites for hydroxylation is 1. The molecule has 1 aliphatic rings. The molecular formula is C26H33FN6O2. The molecule has 2 heterocycles. The highest BCUT2D eigenvalue weighted by molar-refractivity contribution is 5.82. The Hall–Kier alpha value is -3.49. The summed E-state index contributed by atoms with van der Waals surface area (Å²) in [6, 6.07) is 6.97. The fourth-order valence-corrected chi connectivity index (χ4v) is 4.30. The van der Waals surface area contributed by atoms with Crippen molar-refractivity contribution in [1.82, 2.24) is 20.3 Å². The lowest BCUT2D eigenvalue weighted by molar-refractivity contribution is 0.0492. The quantitative estimate of drug-likeness (QED) is 0.429. The number of alkyl carbamates (subject to hydrolysis) is 1. The summed E-state index contributed by atoms with van der Waals surface area (Å²) in [7, 11) is 0. The van der Waals surface area contributed by atoms with Crippen LogP contribution < -0.4 is 16.4 Å². The molecule has 1 saturated carbocycles. The van der Waals surface area contributed by atoms with Crippen LogP contribution in [-0.2, 0) is 11.2 Å². The van der Waals surface area contributed by atoms with E-state index in [-0.39, 0.29) is 23.9 Å². The first-order chi connectivity index (χ1) is 16.6. The van der Waals surface area contributed by atoms with Crippen molar-refractivity contribution >= 4 is 28.8 Å². The number of hydrogen-bond donors (Lipinski definition) is 3. The van der Waals surface area contributed by atoms with Gasteiger partial charge in [-0.2, -0.15) is 0 Å². The molecular weight excluding hydrogens is 447 g/mol. The number of nitrogens with two attached hydrogens (primary N) is 1.